The van der Waals surface area contributed by atoms with Crippen molar-refractivity contribution < 1.29 is 14.7 Å². The second kappa shape index (κ2) is 6.85. The molecule has 110 valence electrons. The third-order valence-electron chi connectivity index (χ3n) is 2.74. The summed E-state index contributed by atoms with van der Waals surface area (Å²) in [4.78, 5) is 23.1. The SMILES string of the molecule is Cn1ccc(CCNC(=O)c2sccc2/C=C/C(=O)O)n1. The number of aryl methyl sites for hydroxylation is 1. The topological polar surface area (TPSA) is 84.2 Å². The van der Waals surface area contributed by atoms with Gasteiger partial charge in [0.05, 0.1) is 10.6 Å². The molecule has 0 aliphatic carbocycles. The molecule has 0 saturated heterocycles. The van der Waals surface area contributed by atoms with E-state index in [1.807, 2.05) is 19.3 Å². The molecule has 2 aromatic rings. The predicted molar refractivity (Wildman–Crippen MR) is 80.2 cm³/mol. The van der Waals surface area contributed by atoms with Crippen molar-refractivity contribution in [2.45, 2.75) is 6.42 Å². The van der Waals surface area contributed by atoms with Crippen LogP contribution in [0, 0.1) is 0 Å². The van der Waals surface area contributed by atoms with Crippen molar-refractivity contribution in [3.05, 3.63) is 45.9 Å². The van der Waals surface area contributed by atoms with Crippen LogP contribution in [0.3, 0.4) is 0 Å². The summed E-state index contributed by atoms with van der Waals surface area (Å²) in [5.41, 5.74) is 1.52. The maximum absolute atomic E-state index is 12.1. The van der Waals surface area contributed by atoms with Gasteiger partial charge in [0, 0.05) is 32.3 Å². The van der Waals surface area contributed by atoms with Crippen LogP contribution in [-0.2, 0) is 18.3 Å². The van der Waals surface area contributed by atoms with Gasteiger partial charge >= 0.3 is 5.97 Å². The minimum absolute atomic E-state index is 0.203. The molecule has 2 N–H and O–H groups in total. The molecular weight excluding hydrogens is 290 g/mol. The maximum Gasteiger partial charge on any atom is 0.328 e. The van der Waals surface area contributed by atoms with Crippen molar-refractivity contribution in [1.82, 2.24) is 15.1 Å². The molecule has 0 bridgehead atoms. The minimum atomic E-state index is -1.04. The Balaban J connectivity index is 1.91. The van der Waals surface area contributed by atoms with Crippen LogP contribution in [-0.4, -0.2) is 33.3 Å². The first-order chi connectivity index (χ1) is 10.1. The lowest BCUT2D eigenvalue weighted by molar-refractivity contribution is -0.131. The van der Waals surface area contributed by atoms with Crippen molar-refractivity contribution >= 4 is 29.3 Å². The Morgan fingerprint density at radius 3 is 2.95 bits per heavy atom. The van der Waals surface area contributed by atoms with E-state index < -0.39 is 5.97 Å². The normalized spacial score (nSPS) is 10.9. The molecule has 0 fully saturated rings. The van der Waals surface area contributed by atoms with Gasteiger partial charge in [-0.15, -0.1) is 11.3 Å². The zero-order valence-electron chi connectivity index (χ0n) is 11.4. The van der Waals surface area contributed by atoms with Crippen molar-refractivity contribution in [3.63, 3.8) is 0 Å². The summed E-state index contributed by atoms with van der Waals surface area (Å²) in [6.07, 6.45) is 4.95. The highest BCUT2D eigenvalue weighted by molar-refractivity contribution is 7.12. The molecule has 6 nitrogen and oxygen atoms in total. The number of carbonyl (C=O) groups excluding carboxylic acids is 1. The number of aromatic nitrogens is 2. The molecule has 2 aromatic heterocycles. The van der Waals surface area contributed by atoms with Crippen LogP contribution >= 0.6 is 11.3 Å². The molecule has 0 atom stereocenters. The number of hydrogen-bond donors (Lipinski definition) is 2. The fourth-order valence-electron chi connectivity index (χ4n) is 1.78. The Kier molecular flexibility index (Phi) is 4.89. The van der Waals surface area contributed by atoms with E-state index in [-0.39, 0.29) is 5.91 Å². The van der Waals surface area contributed by atoms with Gasteiger partial charge in [-0.3, -0.25) is 9.48 Å². The molecule has 0 spiro atoms. The lowest BCUT2D eigenvalue weighted by atomic mass is 10.2. The minimum Gasteiger partial charge on any atom is -0.478 e. The fourth-order valence-corrected chi connectivity index (χ4v) is 2.58. The van der Waals surface area contributed by atoms with Crippen molar-refractivity contribution in [2.75, 3.05) is 6.54 Å². The van der Waals surface area contributed by atoms with Crippen molar-refractivity contribution in [1.29, 1.82) is 0 Å². The van der Waals surface area contributed by atoms with E-state index in [2.05, 4.69) is 10.4 Å². The lowest BCUT2D eigenvalue weighted by Crippen LogP contribution is -2.25. The molecule has 0 saturated carbocycles. The van der Waals surface area contributed by atoms with E-state index in [4.69, 9.17) is 5.11 Å². The Bertz CT molecular complexity index is 673. The zero-order chi connectivity index (χ0) is 15.2. The summed E-state index contributed by atoms with van der Waals surface area (Å²) in [5.74, 6) is -1.24. The number of carbonyl (C=O) groups is 2. The number of amides is 1. The molecule has 0 unspecified atom stereocenters. The standard InChI is InChI=1S/C14H15N3O3S/c1-17-8-5-11(16-17)4-7-15-14(20)13-10(6-9-21-13)2-3-12(18)19/h2-3,5-6,8-9H,4,7H2,1H3,(H,15,20)(H,18,19)/b3-2+. The Morgan fingerprint density at radius 1 is 1.48 bits per heavy atom. The maximum atomic E-state index is 12.1. The molecule has 0 radical (unpaired) electrons. The molecule has 1 amide bonds. The number of nitrogens with one attached hydrogen (secondary N) is 1. The van der Waals surface area contributed by atoms with E-state index >= 15 is 0 Å². The third kappa shape index (κ3) is 4.28. The summed E-state index contributed by atoms with van der Waals surface area (Å²) in [6, 6.07) is 3.62. The number of thiophene rings is 1. The molecule has 0 aliphatic heterocycles. The van der Waals surface area contributed by atoms with Gasteiger partial charge in [-0.1, -0.05) is 0 Å². The molecule has 2 heterocycles. The van der Waals surface area contributed by atoms with Crippen molar-refractivity contribution in [3.8, 4) is 0 Å². The van der Waals surface area contributed by atoms with E-state index in [0.717, 1.165) is 11.8 Å². The summed E-state index contributed by atoms with van der Waals surface area (Å²) in [7, 11) is 1.84. The summed E-state index contributed by atoms with van der Waals surface area (Å²) < 4.78 is 1.71. The number of carboxylic acid groups (broad SMARTS) is 1. The highest BCUT2D eigenvalue weighted by Crippen LogP contribution is 2.18. The van der Waals surface area contributed by atoms with Gasteiger partial charge in [0.1, 0.15) is 0 Å². The van der Waals surface area contributed by atoms with Crippen LogP contribution in [0.25, 0.3) is 6.08 Å². The average molecular weight is 305 g/mol. The Morgan fingerprint density at radius 2 is 2.29 bits per heavy atom. The highest BCUT2D eigenvalue weighted by atomic mass is 32.1. The van der Waals surface area contributed by atoms with Gasteiger partial charge in [0.25, 0.3) is 5.91 Å². The van der Waals surface area contributed by atoms with Crippen LogP contribution in [0.4, 0.5) is 0 Å². The molecular formula is C14H15N3O3S. The quantitative estimate of drug-likeness (QED) is 0.793. The van der Waals surface area contributed by atoms with Crippen LogP contribution in [0.1, 0.15) is 20.9 Å². The Hall–Kier alpha value is -2.41. The predicted octanol–water partition coefficient (Wildman–Crippen LogP) is 1.55. The van der Waals surface area contributed by atoms with Crippen LogP contribution < -0.4 is 5.32 Å². The van der Waals surface area contributed by atoms with E-state index in [1.54, 1.807) is 16.1 Å². The third-order valence-corrected chi connectivity index (χ3v) is 3.67. The fraction of sp³-hybridized carbons (Fsp3) is 0.214. The molecule has 2 rings (SSSR count). The molecule has 0 aromatic carbocycles. The van der Waals surface area contributed by atoms with Crippen LogP contribution in [0.15, 0.2) is 29.8 Å². The van der Waals surface area contributed by atoms with Gasteiger partial charge in [-0.05, 0) is 29.2 Å². The first-order valence-corrected chi connectivity index (χ1v) is 7.19. The summed E-state index contributed by atoms with van der Waals surface area (Å²) in [6.45, 7) is 0.482. The molecule has 21 heavy (non-hydrogen) atoms. The smallest absolute Gasteiger partial charge is 0.328 e. The molecule has 7 heteroatoms. The second-order valence-corrected chi connectivity index (χ2v) is 5.28. The number of rotatable bonds is 6. The van der Waals surface area contributed by atoms with Gasteiger partial charge in [-0.25, -0.2) is 4.79 Å². The van der Waals surface area contributed by atoms with Crippen LogP contribution in [0.5, 0.6) is 0 Å². The van der Waals surface area contributed by atoms with E-state index in [9.17, 15) is 9.59 Å². The summed E-state index contributed by atoms with van der Waals surface area (Å²) in [5, 5.41) is 17.4. The first kappa shape index (κ1) is 15.0. The number of carboxylic acids is 1. The van der Waals surface area contributed by atoms with Gasteiger partial charge in [0.2, 0.25) is 0 Å². The number of aliphatic carboxylic acids is 1. The number of nitrogens with zero attached hydrogens (tertiary/aromatic N) is 2. The summed E-state index contributed by atoms with van der Waals surface area (Å²) >= 11 is 1.28. The molecule has 0 aliphatic rings. The number of hydrogen-bond acceptors (Lipinski definition) is 4. The van der Waals surface area contributed by atoms with E-state index in [1.165, 1.54) is 17.4 Å². The largest absolute Gasteiger partial charge is 0.478 e. The average Bonchev–Trinajstić information content (AvgIpc) is 3.05. The van der Waals surface area contributed by atoms with Gasteiger partial charge < -0.3 is 10.4 Å². The van der Waals surface area contributed by atoms with E-state index in [0.29, 0.717) is 23.4 Å². The first-order valence-electron chi connectivity index (χ1n) is 6.31. The van der Waals surface area contributed by atoms with Crippen LogP contribution in [0.2, 0.25) is 0 Å². The Labute approximate surface area is 125 Å². The monoisotopic (exact) mass is 305 g/mol. The van der Waals surface area contributed by atoms with Crippen molar-refractivity contribution in [2.24, 2.45) is 7.05 Å². The van der Waals surface area contributed by atoms with Gasteiger partial charge in [0.15, 0.2) is 0 Å². The lowest BCUT2D eigenvalue weighted by Gasteiger charge is -2.03. The highest BCUT2D eigenvalue weighted by Gasteiger charge is 2.11. The second-order valence-electron chi connectivity index (χ2n) is 4.36. The zero-order valence-corrected chi connectivity index (χ0v) is 12.3. The van der Waals surface area contributed by atoms with Gasteiger partial charge in [-0.2, -0.15) is 5.10 Å².